The van der Waals surface area contributed by atoms with E-state index in [2.05, 4.69) is 10.3 Å². The molecule has 1 aromatic carbocycles. The minimum atomic E-state index is -0.222. The van der Waals surface area contributed by atoms with E-state index in [4.69, 9.17) is 23.2 Å². The van der Waals surface area contributed by atoms with Crippen molar-refractivity contribution in [2.75, 3.05) is 10.8 Å². The highest BCUT2D eigenvalue weighted by Crippen LogP contribution is 2.19. The van der Waals surface area contributed by atoms with Crippen molar-refractivity contribution in [3.8, 4) is 0 Å². The second kappa shape index (κ2) is 6.24. The SMILES string of the molecule is Cc1cc(CN(C(=O)CCl)c2cn(C)nn2)ccc1Cl. The van der Waals surface area contributed by atoms with Crippen LogP contribution in [-0.4, -0.2) is 26.8 Å². The van der Waals surface area contributed by atoms with Gasteiger partial charge in [-0.3, -0.25) is 14.4 Å². The Morgan fingerprint density at radius 2 is 2.20 bits per heavy atom. The number of benzene rings is 1. The van der Waals surface area contributed by atoms with Crippen LogP contribution in [0.1, 0.15) is 11.1 Å². The van der Waals surface area contributed by atoms with Crippen LogP contribution in [0, 0.1) is 6.92 Å². The van der Waals surface area contributed by atoms with Crippen molar-refractivity contribution in [1.29, 1.82) is 0 Å². The molecule has 2 rings (SSSR count). The van der Waals surface area contributed by atoms with Crippen LogP contribution >= 0.6 is 23.2 Å². The van der Waals surface area contributed by atoms with Crippen LogP contribution < -0.4 is 4.90 Å². The normalized spacial score (nSPS) is 10.6. The summed E-state index contributed by atoms with van der Waals surface area (Å²) >= 11 is 11.7. The number of amides is 1. The van der Waals surface area contributed by atoms with Gasteiger partial charge in [-0.2, -0.15) is 0 Å². The van der Waals surface area contributed by atoms with E-state index in [1.165, 1.54) is 9.58 Å². The van der Waals surface area contributed by atoms with Crippen molar-refractivity contribution in [3.05, 3.63) is 40.5 Å². The highest BCUT2D eigenvalue weighted by molar-refractivity contribution is 6.31. The standard InChI is InChI=1S/C13H14Cl2N4O/c1-9-5-10(3-4-11(9)15)7-19(13(20)6-14)12-8-18(2)17-16-12/h3-5,8H,6-7H2,1-2H3. The van der Waals surface area contributed by atoms with Crippen LogP contribution in [0.5, 0.6) is 0 Å². The van der Waals surface area contributed by atoms with E-state index in [1.807, 2.05) is 25.1 Å². The van der Waals surface area contributed by atoms with E-state index in [1.54, 1.807) is 13.2 Å². The zero-order valence-corrected chi connectivity index (χ0v) is 12.7. The quantitative estimate of drug-likeness (QED) is 0.815. The molecule has 0 saturated carbocycles. The summed E-state index contributed by atoms with van der Waals surface area (Å²) in [7, 11) is 1.74. The van der Waals surface area contributed by atoms with E-state index in [0.717, 1.165) is 11.1 Å². The Kier molecular flexibility index (Phi) is 4.62. The average Bonchev–Trinajstić information content (AvgIpc) is 2.85. The highest BCUT2D eigenvalue weighted by Gasteiger charge is 2.18. The van der Waals surface area contributed by atoms with Gasteiger partial charge in [0.15, 0.2) is 5.82 Å². The van der Waals surface area contributed by atoms with Crippen LogP contribution in [0.25, 0.3) is 0 Å². The van der Waals surface area contributed by atoms with Crippen LogP contribution in [0.15, 0.2) is 24.4 Å². The molecule has 0 aliphatic carbocycles. The summed E-state index contributed by atoms with van der Waals surface area (Å²) in [5, 5.41) is 8.49. The zero-order valence-electron chi connectivity index (χ0n) is 11.2. The van der Waals surface area contributed by atoms with Crippen molar-refractivity contribution in [2.24, 2.45) is 7.05 Å². The van der Waals surface area contributed by atoms with Gasteiger partial charge in [0.05, 0.1) is 12.7 Å². The zero-order chi connectivity index (χ0) is 14.7. The smallest absolute Gasteiger partial charge is 0.243 e. The molecule has 1 aromatic heterocycles. The number of rotatable bonds is 4. The first-order valence-electron chi connectivity index (χ1n) is 5.99. The third-order valence-electron chi connectivity index (χ3n) is 2.85. The number of hydrogen-bond acceptors (Lipinski definition) is 3. The van der Waals surface area contributed by atoms with Gasteiger partial charge in [-0.15, -0.1) is 16.7 Å². The maximum Gasteiger partial charge on any atom is 0.243 e. The molecular weight excluding hydrogens is 299 g/mol. The molecule has 5 nitrogen and oxygen atoms in total. The second-order valence-electron chi connectivity index (χ2n) is 4.45. The first kappa shape index (κ1) is 14.8. The lowest BCUT2D eigenvalue weighted by Crippen LogP contribution is -2.31. The summed E-state index contributed by atoms with van der Waals surface area (Å²) in [6, 6.07) is 5.62. The molecule has 1 amide bonds. The summed E-state index contributed by atoms with van der Waals surface area (Å²) in [5.74, 6) is 0.147. The molecule has 0 N–H and O–H groups in total. The fourth-order valence-corrected chi connectivity index (χ4v) is 2.08. The molecule has 0 spiro atoms. The number of aromatic nitrogens is 3. The van der Waals surface area contributed by atoms with Crippen LogP contribution in [0.3, 0.4) is 0 Å². The molecule has 0 atom stereocenters. The average molecular weight is 313 g/mol. The monoisotopic (exact) mass is 312 g/mol. The van der Waals surface area contributed by atoms with Gasteiger partial charge in [-0.25, -0.2) is 0 Å². The van der Waals surface area contributed by atoms with Gasteiger partial charge in [0, 0.05) is 12.1 Å². The van der Waals surface area contributed by atoms with Gasteiger partial charge in [0.2, 0.25) is 5.91 Å². The topological polar surface area (TPSA) is 51.0 Å². The van der Waals surface area contributed by atoms with E-state index in [9.17, 15) is 4.79 Å². The van der Waals surface area contributed by atoms with Gasteiger partial charge < -0.3 is 0 Å². The van der Waals surface area contributed by atoms with Gasteiger partial charge in [0.25, 0.3) is 0 Å². The minimum absolute atomic E-state index is 0.108. The van der Waals surface area contributed by atoms with E-state index in [-0.39, 0.29) is 11.8 Å². The van der Waals surface area contributed by atoms with Gasteiger partial charge in [-0.05, 0) is 24.1 Å². The Morgan fingerprint density at radius 1 is 1.45 bits per heavy atom. The predicted molar refractivity (Wildman–Crippen MR) is 79.1 cm³/mol. The van der Waals surface area contributed by atoms with Crippen molar-refractivity contribution in [1.82, 2.24) is 15.0 Å². The number of nitrogens with zero attached hydrogens (tertiary/aromatic N) is 4. The van der Waals surface area contributed by atoms with E-state index < -0.39 is 0 Å². The predicted octanol–water partition coefficient (Wildman–Crippen LogP) is 2.55. The summed E-state index contributed by atoms with van der Waals surface area (Å²) in [4.78, 5) is 13.5. The Morgan fingerprint density at radius 3 is 2.75 bits per heavy atom. The van der Waals surface area contributed by atoms with Gasteiger partial charge >= 0.3 is 0 Å². The number of carbonyl (C=O) groups excluding carboxylic acids is 1. The number of carbonyl (C=O) groups is 1. The molecule has 2 aromatic rings. The number of aryl methyl sites for hydroxylation is 2. The van der Waals surface area contributed by atoms with Crippen LogP contribution in [0.2, 0.25) is 5.02 Å². The molecule has 0 bridgehead atoms. The Labute approximate surface area is 127 Å². The van der Waals surface area contributed by atoms with Crippen molar-refractivity contribution in [2.45, 2.75) is 13.5 Å². The van der Waals surface area contributed by atoms with Crippen LogP contribution in [0.4, 0.5) is 5.82 Å². The summed E-state index contributed by atoms with van der Waals surface area (Å²) in [5.41, 5.74) is 1.91. The van der Waals surface area contributed by atoms with Crippen LogP contribution in [-0.2, 0) is 18.4 Å². The number of anilines is 1. The highest BCUT2D eigenvalue weighted by atomic mass is 35.5. The van der Waals surface area contributed by atoms with Crippen molar-refractivity contribution in [3.63, 3.8) is 0 Å². The Bertz CT molecular complexity index is 627. The van der Waals surface area contributed by atoms with Crippen molar-refractivity contribution < 1.29 is 4.79 Å². The maximum absolute atomic E-state index is 12.0. The molecule has 0 fully saturated rings. The molecule has 0 aliphatic rings. The summed E-state index contributed by atoms with van der Waals surface area (Å²) in [6.45, 7) is 2.30. The van der Waals surface area contributed by atoms with Gasteiger partial charge in [0.1, 0.15) is 5.88 Å². The lowest BCUT2D eigenvalue weighted by Gasteiger charge is -2.19. The maximum atomic E-state index is 12.0. The fraction of sp³-hybridized carbons (Fsp3) is 0.308. The lowest BCUT2D eigenvalue weighted by atomic mass is 10.1. The third kappa shape index (κ3) is 3.29. The molecule has 0 saturated heterocycles. The molecular formula is C13H14Cl2N4O. The molecule has 7 heteroatoms. The molecule has 20 heavy (non-hydrogen) atoms. The van der Waals surface area contributed by atoms with E-state index in [0.29, 0.717) is 17.4 Å². The number of alkyl halides is 1. The molecule has 0 aliphatic heterocycles. The summed E-state index contributed by atoms with van der Waals surface area (Å²) in [6.07, 6.45) is 1.67. The Balaban J connectivity index is 2.28. The number of halogens is 2. The van der Waals surface area contributed by atoms with Gasteiger partial charge in [-0.1, -0.05) is 28.9 Å². The first-order chi connectivity index (χ1) is 9.51. The molecule has 1 heterocycles. The largest absolute Gasteiger partial charge is 0.288 e. The molecule has 106 valence electrons. The van der Waals surface area contributed by atoms with Crippen molar-refractivity contribution >= 4 is 34.9 Å². The molecule has 0 radical (unpaired) electrons. The Hall–Kier alpha value is -1.59. The molecule has 0 unspecified atom stereocenters. The lowest BCUT2D eigenvalue weighted by molar-refractivity contribution is -0.116. The number of hydrogen-bond donors (Lipinski definition) is 0. The third-order valence-corrected chi connectivity index (χ3v) is 3.50. The van der Waals surface area contributed by atoms with E-state index >= 15 is 0 Å². The minimum Gasteiger partial charge on any atom is -0.288 e. The summed E-state index contributed by atoms with van der Waals surface area (Å²) < 4.78 is 1.54. The first-order valence-corrected chi connectivity index (χ1v) is 6.90. The second-order valence-corrected chi connectivity index (χ2v) is 5.12. The fourth-order valence-electron chi connectivity index (χ4n) is 1.82.